The highest BCUT2D eigenvalue weighted by Crippen LogP contribution is 2.20. The second kappa shape index (κ2) is 3.16. The Morgan fingerprint density at radius 2 is 2.14 bits per heavy atom. The van der Waals surface area contributed by atoms with Crippen molar-refractivity contribution in [2.45, 2.75) is 13.8 Å². The third-order valence-electron chi connectivity index (χ3n) is 2.33. The number of aryl methyl sites for hydroxylation is 3. The standard InChI is InChI=1S/C9H12N4S/c1-6-5-12(3)9(13(6)4)8-7(2)14-11-10-8/h1-4H3. The summed E-state index contributed by atoms with van der Waals surface area (Å²) < 4.78 is 7.97. The first-order chi connectivity index (χ1) is 6.61. The van der Waals surface area contributed by atoms with Gasteiger partial charge < -0.3 is 9.13 Å². The molecular weight excluding hydrogens is 196 g/mol. The van der Waals surface area contributed by atoms with E-state index in [-0.39, 0.29) is 0 Å². The molecule has 5 heteroatoms. The molecular formula is C9H12N4S. The van der Waals surface area contributed by atoms with E-state index in [1.807, 2.05) is 32.5 Å². The highest BCUT2D eigenvalue weighted by atomic mass is 32.1. The number of hydrogen-bond acceptors (Lipinski definition) is 3. The molecule has 2 aromatic rings. The van der Waals surface area contributed by atoms with Crippen LogP contribution in [0.25, 0.3) is 11.5 Å². The van der Waals surface area contributed by atoms with E-state index in [4.69, 9.17) is 0 Å². The van der Waals surface area contributed by atoms with Crippen LogP contribution in [0.5, 0.6) is 0 Å². The van der Waals surface area contributed by atoms with Crippen molar-refractivity contribution in [1.82, 2.24) is 14.2 Å². The van der Waals surface area contributed by atoms with Gasteiger partial charge in [-0.25, -0.2) is 0 Å². The van der Waals surface area contributed by atoms with Gasteiger partial charge in [0.05, 0.1) is 7.05 Å². The van der Waals surface area contributed by atoms with Crippen molar-refractivity contribution in [3.8, 4) is 11.5 Å². The summed E-state index contributed by atoms with van der Waals surface area (Å²) >= 11 is 1.42. The lowest BCUT2D eigenvalue weighted by Gasteiger charge is -2.04. The fourth-order valence-electron chi connectivity index (χ4n) is 1.51. The highest BCUT2D eigenvalue weighted by molar-refractivity contribution is 7.05. The number of rotatable bonds is 1. The molecule has 0 atom stereocenters. The Morgan fingerprint density at radius 3 is 2.57 bits per heavy atom. The molecule has 0 aromatic carbocycles. The Bertz CT molecular complexity index is 469. The summed E-state index contributed by atoms with van der Waals surface area (Å²) in [6.07, 6.45) is 3.21. The third-order valence-corrected chi connectivity index (χ3v) is 2.96. The molecule has 0 fully saturated rings. The van der Waals surface area contributed by atoms with Crippen LogP contribution in [0.15, 0.2) is 0 Å². The molecule has 0 aliphatic rings. The van der Waals surface area contributed by atoms with E-state index in [1.54, 1.807) is 0 Å². The molecule has 2 aromatic heterocycles. The highest BCUT2D eigenvalue weighted by Gasteiger charge is 2.12. The zero-order chi connectivity index (χ0) is 10.3. The van der Waals surface area contributed by atoms with Gasteiger partial charge in [0.15, 0.2) is 5.82 Å². The van der Waals surface area contributed by atoms with Gasteiger partial charge in [-0.3, -0.25) is 0 Å². The van der Waals surface area contributed by atoms with Crippen molar-refractivity contribution in [1.29, 1.82) is 0 Å². The van der Waals surface area contributed by atoms with Gasteiger partial charge >= 0.3 is 0 Å². The van der Waals surface area contributed by atoms with Crippen LogP contribution in [0.2, 0.25) is 0 Å². The lowest BCUT2D eigenvalue weighted by Crippen LogP contribution is -2.29. The van der Waals surface area contributed by atoms with Gasteiger partial charge in [0.1, 0.15) is 5.69 Å². The minimum atomic E-state index is 0.948. The first-order valence-corrected chi connectivity index (χ1v) is 5.12. The third kappa shape index (κ3) is 1.24. The monoisotopic (exact) mass is 208 g/mol. The number of nitrogens with zero attached hydrogens (tertiary/aromatic N) is 4. The quantitative estimate of drug-likeness (QED) is 0.513. The van der Waals surface area contributed by atoms with Crippen molar-refractivity contribution in [3.63, 3.8) is 0 Å². The van der Waals surface area contributed by atoms with Crippen LogP contribution in [-0.4, -0.2) is 14.2 Å². The molecule has 0 saturated heterocycles. The minimum absolute atomic E-state index is 0.948. The topological polar surface area (TPSA) is 34.6 Å². The zero-order valence-corrected chi connectivity index (χ0v) is 9.51. The summed E-state index contributed by atoms with van der Waals surface area (Å²) in [4.78, 5) is 1.13. The fourth-order valence-corrected chi connectivity index (χ4v) is 1.97. The van der Waals surface area contributed by atoms with Gasteiger partial charge in [-0.2, -0.15) is 0 Å². The molecule has 0 spiro atoms. The predicted molar refractivity (Wildman–Crippen MR) is 53.8 cm³/mol. The average molecular weight is 208 g/mol. The Hall–Kier alpha value is -1.23. The minimum Gasteiger partial charge on any atom is -0.394 e. The van der Waals surface area contributed by atoms with E-state index >= 15 is 0 Å². The van der Waals surface area contributed by atoms with Crippen LogP contribution in [-0.2, 0) is 14.1 Å². The molecule has 74 valence electrons. The maximum absolute atomic E-state index is 4.13. The molecule has 4 nitrogen and oxygen atoms in total. The van der Waals surface area contributed by atoms with Crippen LogP contribution < -0.4 is 4.57 Å². The first-order valence-electron chi connectivity index (χ1n) is 4.35. The van der Waals surface area contributed by atoms with Crippen LogP contribution >= 0.6 is 11.5 Å². The van der Waals surface area contributed by atoms with Gasteiger partial charge in [0.25, 0.3) is 0 Å². The van der Waals surface area contributed by atoms with Crippen molar-refractivity contribution >= 4 is 11.5 Å². The van der Waals surface area contributed by atoms with Crippen molar-refractivity contribution in [2.24, 2.45) is 14.1 Å². The summed E-state index contributed by atoms with van der Waals surface area (Å²) in [6.45, 7) is 4.06. The molecule has 14 heavy (non-hydrogen) atoms. The normalized spacial score (nSPS) is 10.9. The van der Waals surface area contributed by atoms with Crippen LogP contribution in [0.3, 0.4) is 0 Å². The number of hydrogen-bond donors (Lipinski definition) is 0. The van der Waals surface area contributed by atoms with E-state index in [2.05, 4.69) is 20.4 Å². The van der Waals surface area contributed by atoms with Gasteiger partial charge in [-0.05, 0) is 31.6 Å². The molecule has 0 radical (unpaired) electrons. The lowest BCUT2D eigenvalue weighted by atomic mass is 10.3. The van der Waals surface area contributed by atoms with Gasteiger partial charge in [-0.15, -0.1) is 5.10 Å². The van der Waals surface area contributed by atoms with E-state index in [0.717, 1.165) is 22.1 Å². The van der Waals surface area contributed by atoms with Crippen LogP contribution in [0.1, 0.15) is 10.6 Å². The van der Waals surface area contributed by atoms with Crippen LogP contribution in [0.4, 0.5) is 0 Å². The molecule has 0 amide bonds. The SMILES string of the molecule is Cc1snnc1-c1n(C)c(C)[c-][n+]1C. The average Bonchev–Trinajstić information content (AvgIpc) is 2.60. The van der Waals surface area contributed by atoms with E-state index < -0.39 is 0 Å². The smallest absolute Gasteiger partial charge is 0.161 e. The summed E-state index contributed by atoms with van der Waals surface area (Å²) in [7, 11) is 3.99. The van der Waals surface area contributed by atoms with Gasteiger partial charge in [0.2, 0.25) is 0 Å². The molecule has 0 aliphatic carbocycles. The zero-order valence-electron chi connectivity index (χ0n) is 8.70. The maximum atomic E-state index is 4.13. The van der Waals surface area contributed by atoms with Crippen molar-refractivity contribution in [3.05, 3.63) is 16.8 Å². The van der Waals surface area contributed by atoms with Crippen molar-refractivity contribution in [2.75, 3.05) is 0 Å². The Morgan fingerprint density at radius 1 is 1.43 bits per heavy atom. The van der Waals surface area contributed by atoms with Crippen molar-refractivity contribution < 1.29 is 4.57 Å². The molecule has 0 unspecified atom stereocenters. The Labute approximate surface area is 87.0 Å². The molecule has 0 bridgehead atoms. The summed E-state index contributed by atoms with van der Waals surface area (Å²) in [5, 5.41) is 4.13. The second-order valence-electron chi connectivity index (χ2n) is 3.32. The Kier molecular flexibility index (Phi) is 2.11. The predicted octanol–water partition coefficient (Wildman–Crippen LogP) is 0.785. The first kappa shape index (κ1) is 9.33. The van der Waals surface area contributed by atoms with E-state index in [9.17, 15) is 0 Å². The maximum Gasteiger partial charge on any atom is 0.161 e. The van der Waals surface area contributed by atoms with Crippen LogP contribution in [0, 0.1) is 20.0 Å². The van der Waals surface area contributed by atoms with E-state index in [1.165, 1.54) is 11.5 Å². The number of imidazole rings is 1. The molecule has 0 N–H and O–H groups in total. The molecule has 2 heterocycles. The fraction of sp³-hybridized carbons (Fsp3) is 0.444. The van der Waals surface area contributed by atoms with Gasteiger partial charge in [-0.1, -0.05) is 4.49 Å². The van der Waals surface area contributed by atoms with E-state index in [0.29, 0.717) is 0 Å². The second-order valence-corrected chi connectivity index (χ2v) is 4.27. The lowest BCUT2D eigenvalue weighted by molar-refractivity contribution is -0.663. The Balaban J connectivity index is 2.68. The summed E-state index contributed by atoms with van der Waals surface area (Å²) in [6, 6.07) is 0. The van der Waals surface area contributed by atoms with Gasteiger partial charge in [0, 0.05) is 17.6 Å². The number of aromatic nitrogens is 4. The largest absolute Gasteiger partial charge is 0.394 e. The summed E-state index contributed by atoms with van der Waals surface area (Å²) in [5.74, 6) is 1.05. The molecule has 0 aliphatic heterocycles. The summed E-state index contributed by atoms with van der Waals surface area (Å²) in [5.41, 5.74) is 2.04. The molecule has 2 rings (SSSR count). The molecule has 0 saturated carbocycles.